The van der Waals surface area contributed by atoms with Crippen LogP contribution in [0.15, 0.2) is 22.1 Å². The highest BCUT2D eigenvalue weighted by Crippen LogP contribution is 2.22. The average molecular weight is 305 g/mol. The van der Waals surface area contributed by atoms with Gasteiger partial charge in [-0.1, -0.05) is 0 Å². The molecule has 110 valence electrons. The third kappa shape index (κ3) is 2.56. The maximum absolute atomic E-state index is 12.5. The van der Waals surface area contributed by atoms with Crippen LogP contribution in [-0.2, 0) is 4.79 Å². The minimum atomic E-state index is -0.156. The summed E-state index contributed by atoms with van der Waals surface area (Å²) in [4.78, 5) is 32.0. The molecule has 0 spiro atoms. The first kappa shape index (κ1) is 13.8. The van der Waals surface area contributed by atoms with Gasteiger partial charge in [0.25, 0.3) is 5.91 Å². The van der Waals surface area contributed by atoms with E-state index >= 15 is 0 Å². The van der Waals surface area contributed by atoms with Crippen LogP contribution in [0.25, 0.3) is 0 Å². The number of carbonyl (C=O) groups excluding carboxylic acids is 2. The topological polar surface area (TPSA) is 66.7 Å². The molecule has 2 aromatic rings. The number of thiazole rings is 1. The van der Waals surface area contributed by atoms with Gasteiger partial charge in [-0.15, -0.1) is 11.3 Å². The Morgan fingerprint density at radius 3 is 2.76 bits per heavy atom. The summed E-state index contributed by atoms with van der Waals surface area (Å²) in [6, 6.07) is 1.72. The van der Waals surface area contributed by atoms with Gasteiger partial charge in [0, 0.05) is 24.7 Å². The van der Waals surface area contributed by atoms with Gasteiger partial charge in [0.15, 0.2) is 5.13 Å². The lowest BCUT2D eigenvalue weighted by Gasteiger charge is -2.32. The number of aryl methyl sites for hydroxylation is 2. The minimum Gasteiger partial charge on any atom is -0.466 e. The van der Waals surface area contributed by atoms with Crippen LogP contribution in [0.2, 0.25) is 0 Å². The van der Waals surface area contributed by atoms with Gasteiger partial charge in [-0.05, 0) is 19.9 Å². The van der Waals surface area contributed by atoms with Crippen LogP contribution in [0.3, 0.4) is 0 Å². The number of furan rings is 1. The zero-order valence-corrected chi connectivity index (χ0v) is 12.6. The minimum absolute atomic E-state index is 0.0715. The fourth-order valence-corrected chi connectivity index (χ4v) is 3.10. The summed E-state index contributed by atoms with van der Waals surface area (Å²) in [6.07, 6.45) is 1.67. The van der Waals surface area contributed by atoms with Crippen LogP contribution in [0.5, 0.6) is 0 Å². The Morgan fingerprint density at radius 2 is 2.19 bits per heavy atom. The number of hydrogen-bond donors (Lipinski definition) is 0. The van der Waals surface area contributed by atoms with Crippen molar-refractivity contribution in [3.8, 4) is 0 Å². The van der Waals surface area contributed by atoms with Crippen LogP contribution >= 0.6 is 11.3 Å². The van der Waals surface area contributed by atoms with Crippen molar-refractivity contribution in [3.63, 3.8) is 0 Å². The van der Waals surface area contributed by atoms with Gasteiger partial charge in [-0.25, -0.2) is 4.98 Å². The highest BCUT2D eigenvalue weighted by Gasteiger charge is 2.30. The van der Waals surface area contributed by atoms with E-state index in [4.69, 9.17) is 4.42 Å². The highest BCUT2D eigenvalue weighted by molar-refractivity contribution is 7.13. The molecule has 1 aliphatic heterocycles. The molecule has 0 aliphatic carbocycles. The van der Waals surface area contributed by atoms with Gasteiger partial charge < -0.3 is 9.32 Å². The number of amides is 2. The monoisotopic (exact) mass is 305 g/mol. The molecule has 21 heavy (non-hydrogen) atoms. The SMILES string of the molecule is Cc1cc(C(=O)N2CCN(c3nccs3)C(=O)C2)c(C)o1. The van der Waals surface area contributed by atoms with Crippen molar-refractivity contribution in [2.45, 2.75) is 13.8 Å². The standard InChI is InChI=1S/C14H15N3O3S/c1-9-7-11(10(2)20-9)13(19)16-4-5-17(12(18)8-16)14-15-3-6-21-14/h3,6-7H,4-5,8H2,1-2H3. The van der Waals surface area contributed by atoms with Gasteiger partial charge in [-0.3, -0.25) is 14.5 Å². The number of nitrogens with zero attached hydrogens (tertiary/aromatic N) is 3. The van der Waals surface area contributed by atoms with E-state index in [1.165, 1.54) is 11.3 Å². The fraction of sp³-hybridized carbons (Fsp3) is 0.357. The van der Waals surface area contributed by atoms with Gasteiger partial charge in [0.05, 0.1) is 5.56 Å². The Balaban J connectivity index is 1.74. The van der Waals surface area contributed by atoms with Crippen molar-refractivity contribution in [1.82, 2.24) is 9.88 Å². The molecule has 2 aromatic heterocycles. The first-order valence-electron chi connectivity index (χ1n) is 6.62. The summed E-state index contributed by atoms with van der Waals surface area (Å²) in [5.74, 6) is 1.02. The number of rotatable bonds is 2. The van der Waals surface area contributed by atoms with Crippen molar-refractivity contribution in [1.29, 1.82) is 0 Å². The first-order valence-corrected chi connectivity index (χ1v) is 7.50. The van der Waals surface area contributed by atoms with E-state index in [0.717, 1.165) is 0 Å². The van der Waals surface area contributed by atoms with Crippen LogP contribution in [-0.4, -0.2) is 41.3 Å². The van der Waals surface area contributed by atoms with Crippen molar-refractivity contribution < 1.29 is 14.0 Å². The molecule has 0 saturated carbocycles. The van der Waals surface area contributed by atoms with Crippen LogP contribution < -0.4 is 4.90 Å². The quantitative estimate of drug-likeness (QED) is 0.849. The summed E-state index contributed by atoms with van der Waals surface area (Å²) in [5, 5.41) is 2.51. The van der Waals surface area contributed by atoms with Gasteiger partial charge in [0.2, 0.25) is 5.91 Å². The van der Waals surface area contributed by atoms with E-state index < -0.39 is 0 Å². The van der Waals surface area contributed by atoms with Gasteiger partial charge in [0.1, 0.15) is 18.1 Å². The Hall–Kier alpha value is -2.15. The molecule has 1 fully saturated rings. The van der Waals surface area contributed by atoms with Crippen LogP contribution in [0.1, 0.15) is 21.9 Å². The van der Waals surface area contributed by atoms with E-state index in [1.54, 1.807) is 35.9 Å². The average Bonchev–Trinajstić information content (AvgIpc) is 3.07. The number of aromatic nitrogens is 1. The van der Waals surface area contributed by atoms with Crippen molar-refractivity contribution in [2.75, 3.05) is 24.5 Å². The summed E-state index contributed by atoms with van der Waals surface area (Å²) in [5.41, 5.74) is 0.531. The van der Waals surface area contributed by atoms with Gasteiger partial charge in [-0.2, -0.15) is 0 Å². The Morgan fingerprint density at radius 1 is 1.38 bits per heavy atom. The molecule has 3 heterocycles. The lowest BCUT2D eigenvalue weighted by Crippen LogP contribution is -2.52. The molecule has 0 bridgehead atoms. The number of hydrogen-bond acceptors (Lipinski definition) is 5. The van der Waals surface area contributed by atoms with Crippen molar-refractivity contribution in [2.24, 2.45) is 0 Å². The fourth-order valence-electron chi connectivity index (χ4n) is 2.41. The lowest BCUT2D eigenvalue weighted by atomic mass is 10.2. The maximum atomic E-state index is 12.5. The maximum Gasteiger partial charge on any atom is 0.257 e. The second-order valence-corrected chi connectivity index (χ2v) is 5.79. The van der Waals surface area contributed by atoms with Gasteiger partial charge >= 0.3 is 0 Å². The van der Waals surface area contributed by atoms with E-state index in [2.05, 4.69) is 4.98 Å². The second kappa shape index (κ2) is 5.33. The van der Waals surface area contributed by atoms with Crippen molar-refractivity contribution >= 4 is 28.3 Å². The predicted molar refractivity (Wildman–Crippen MR) is 78.6 cm³/mol. The summed E-state index contributed by atoms with van der Waals surface area (Å²) in [7, 11) is 0. The Kier molecular flexibility index (Phi) is 3.50. The second-order valence-electron chi connectivity index (χ2n) is 4.91. The first-order chi connectivity index (χ1) is 10.1. The molecule has 6 nitrogen and oxygen atoms in total. The highest BCUT2D eigenvalue weighted by atomic mass is 32.1. The molecule has 0 N–H and O–H groups in total. The molecular weight excluding hydrogens is 290 g/mol. The largest absolute Gasteiger partial charge is 0.466 e. The third-order valence-corrected chi connectivity index (χ3v) is 4.22. The zero-order chi connectivity index (χ0) is 15.0. The molecule has 0 radical (unpaired) electrons. The van der Waals surface area contributed by atoms with E-state index in [-0.39, 0.29) is 18.4 Å². The summed E-state index contributed by atoms with van der Waals surface area (Å²) in [6.45, 7) is 4.59. The Labute approximate surface area is 126 Å². The lowest BCUT2D eigenvalue weighted by molar-refractivity contribution is -0.120. The van der Waals surface area contributed by atoms with Crippen LogP contribution in [0.4, 0.5) is 5.13 Å². The zero-order valence-electron chi connectivity index (χ0n) is 11.8. The molecule has 7 heteroatoms. The Bertz CT molecular complexity index is 678. The molecule has 1 aliphatic rings. The molecular formula is C14H15N3O3S. The molecule has 0 unspecified atom stereocenters. The smallest absolute Gasteiger partial charge is 0.257 e. The van der Waals surface area contributed by atoms with E-state index in [0.29, 0.717) is 35.3 Å². The normalized spacial score (nSPS) is 15.6. The van der Waals surface area contributed by atoms with E-state index in [9.17, 15) is 9.59 Å². The number of piperazine rings is 1. The molecule has 0 aromatic carbocycles. The molecule has 2 amide bonds. The van der Waals surface area contributed by atoms with E-state index in [1.807, 2.05) is 5.38 Å². The van der Waals surface area contributed by atoms with Crippen LogP contribution in [0, 0.1) is 13.8 Å². The summed E-state index contributed by atoms with van der Waals surface area (Å²) < 4.78 is 5.38. The number of carbonyl (C=O) groups is 2. The third-order valence-electron chi connectivity index (χ3n) is 3.43. The molecule has 0 atom stereocenters. The van der Waals surface area contributed by atoms with Crippen molar-refractivity contribution in [3.05, 3.63) is 34.7 Å². The number of anilines is 1. The summed E-state index contributed by atoms with van der Waals surface area (Å²) >= 11 is 1.42. The molecule has 1 saturated heterocycles. The molecule has 3 rings (SSSR count). The predicted octanol–water partition coefficient (Wildman–Crippen LogP) is 1.84.